The molecule has 0 aliphatic heterocycles. The van der Waals surface area contributed by atoms with Crippen LogP contribution in [0.3, 0.4) is 0 Å². The molecule has 2 aromatic carbocycles. The van der Waals surface area contributed by atoms with E-state index >= 15 is 0 Å². The Morgan fingerprint density at radius 1 is 1.16 bits per heavy atom. The van der Waals surface area contributed by atoms with Crippen molar-refractivity contribution in [3.8, 4) is 5.75 Å². The molecule has 2 rings (SSSR count). The number of sulfonamides is 1. The van der Waals surface area contributed by atoms with E-state index in [0.717, 1.165) is 11.1 Å². The summed E-state index contributed by atoms with van der Waals surface area (Å²) in [6.07, 6.45) is 0. The number of hydrogen-bond donors (Lipinski definition) is 1. The highest BCUT2D eigenvalue weighted by atomic mass is 32.2. The number of amides is 1. The number of aryl methyl sites for hydroxylation is 1. The van der Waals surface area contributed by atoms with E-state index in [2.05, 4.69) is 4.72 Å². The first-order chi connectivity index (χ1) is 11.8. The third-order valence-corrected chi connectivity index (χ3v) is 5.29. The predicted molar refractivity (Wildman–Crippen MR) is 96.2 cm³/mol. The smallest absolute Gasteiger partial charge is 0.253 e. The van der Waals surface area contributed by atoms with Gasteiger partial charge in [-0.15, -0.1) is 0 Å². The van der Waals surface area contributed by atoms with E-state index in [1.165, 1.54) is 26.3 Å². The maximum Gasteiger partial charge on any atom is 0.253 e. The van der Waals surface area contributed by atoms with Gasteiger partial charge < -0.3 is 9.64 Å². The number of methoxy groups -OCH3 is 1. The van der Waals surface area contributed by atoms with Crippen LogP contribution < -0.4 is 9.46 Å². The van der Waals surface area contributed by atoms with Crippen LogP contribution in [0, 0.1) is 6.92 Å². The zero-order valence-corrected chi connectivity index (χ0v) is 15.6. The molecule has 0 atom stereocenters. The van der Waals surface area contributed by atoms with Crippen molar-refractivity contribution >= 4 is 15.9 Å². The number of nitrogens with one attached hydrogen (secondary N) is 1. The lowest BCUT2D eigenvalue weighted by atomic mass is 10.1. The quantitative estimate of drug-likeness (QED) is 0.855. The minimum Gasteiger partial charge on any atom is -0.495 e. The first kappa shape index (κ1) is 19.0. The summed E-state index contributed by atoms with van der Waals surface area (Å²) in [6.45, 7) is 2.43. The molecule has 1 N–H and O–H groups in total. The Kier molecular flexibility index (Phi) is 5.81. The Labute approximate surface area is 148 Å². The first-order valence-electron chi connectivity index (χ1n) is 7.71. The molecule has 0 spiro atoms. The molecule has 0 bridgehead atoms. The van der Waals surface area contributed by atoms with Gasteiger partial charge in [0, 0.05) is 19.2 Å². The average molecular weight is 362 g/mol. The van der Waals surface area contributed by atoms with Gasteiger partial charge in [-0.1, -0.05) is 29.8 Å². The Bertz CT molecular complexity index is 861. The largest absolute Gasteiger partial charge is 0.495 e. The zero-order valence-electron chi connectivity index (χ0n) is 14.7. The summed E-state index contributed by atoms with van der Waals surface area (Å²) in [6, 6.07) is 12.3. The van der Waals surface area contributed by atoms with Gasteiger partial charge in [0.15, 0.2) is 0 Å². The van der Waals surface area contributed by atoms with Gasteiger partial charge in [0.1, 0.15) is 10.6 Å². The second-order valence-electron chi connectivity index (χ2n) is 5.72. The minimum atomic E-state index is -3.73. The van der Waals surface area contributed by atoms with Crippen LogP contribution in [0.25, 0.3) is 0 Å². The highest BCUT2D eigenvalue weighted by molar-refractivity contribution is 7.89. The Balaban J connectivity index is 2.29. The fourth-order valence-electron chi connectivity index (χ4n) is 2.39. The molecule has 0 heterocycles. The molecule has 0 unspecified atom stereocenters. The van der Waals surface area contributed by atoms with Crippen LogP contribution in [0.5, 0.6) is 5.75 Å². The second kappa shape index (κ2) is 7.67. The average Bonchev–Trinajstić information content (AvgIpc) is 2.62. The van der Waals surface area contributed by atoms with Gasteiger partial charge in [-0.2, -0.15) is 0 Å². The molecule has 25 heavy (non-hydrogen) atoms. The monoisotopic (exact) mass is 362 g/mol. The van der Waals surface area contributed by atoms with E-state index in [1.807, 2.05) is 31.2 Å². The molecule has 0 aliphatic rings. The predicted octanol–water partition coefficient (Wildman–Crippen LogP) is 2.18. The van der Waals surface area contributed by atoms with Crippen LogP contribution in [0.15, 0.2) is 47.4 Å². The SMILES string of the molecule is CNS(=O)(=O)c1cc(C(=O)N(C)Cc2ccc(C)cc2)ccc1OC. The van der Waals surface area contributed by atoms with Crippen LogP contribution in [-0.2, 0) is 16.6 Å². The summed E-state index contributed by atoms with van der Waals surface area (Å²) in [5.74, 6) is -0.0807. The number of ether oxygens (including phenoxy) is 1. The molecule has 0 aromatic heterocycles. The number of nitrogens with zero attached hydrogens (tertiary/aromatic N) is 1. The van der Waals surface area contributed by atoms with Crippen LogP contribution >= 0.6 is 0 Å². The van der Waals surface area contributed by atoms with Gasteiger partial charge in [0.05, 0.1) is 7.11 Å². The van der Waals surface area contributed by atoms with Crippen molar-refractivity contribution in [2.75, 3.05) is 21.2 Å². The second-order valence-corrected chi connectivity index (χ2v) is 7.57. The van der Waals surface area contributed by atoms with Crippen molar-refractivity contribution in [2.45, 2.75) is 18.4 Å². The maximum absolute atomic E-state index is 12.7. The molecule has 6 nitrogen and oxygen atoms in total. The zero-order chi connectivity index (χ0) is 18.6. The van der Waals surface area contributed by atoms with E-state index in [-0.39, 0.29) is 22.1 Å². The van der Waals surface area contributed by atoms with Gasteiger partial charge in [0.25, 0.3) is 5.91 Å². The normalized spacial score (nSPS) is 11.2. The number of carbonyl (C=O) groups is 1. The van der Waals surface area contributed by atoms with Crippen molar-refractivity contribution in [3.05, 3.63) is 59.2 Å². The highest BCUT2D eigenvalue weighted by Crippen LogP contribution is 2.25. The summed E-state index contributed by atoms with van der Waals surface area (Å²) in [5, 5.41) is 0. The van der Waals surface area contributed by atoms with Crippen LogP contribution in [0.2, 0.25) is 0 Å². The molecule has 0 saturated heterocycles. The molecule has 2 aromatic rings. The van der Waals surface area contributed by atoms with Crippen molar-refractivity contribution in [3.63, 3.8) is 0 Å². The Morgan fingerprint density at radius 2 is 1.80 bits per heavy atom. The molecular formula is C18H22N2O4S. The van der Waals surface area contributed by atoms with E-state index in [9.17, 15) is 13.2 Å². The number of carbonyl (C=O) groups excluding carboxylic acids is 1. The van der Waals surface area contributed by atoms with Crippen LogP contribution in [-0.4, -0.2) is 40.4 Å². The fraction of sp³-hybridized carbons (Fsp3) is 0.278. The van der Waals surface area contributed by atoms with Gasteiger partial charge in [-0.25, -0.2) is 13.1 Å². The summed E-state index contributed by atoms with van der Waals surface area (Å²) in [5.41, 5.74) is 2.43. The minimum absolute atomic E-state index is 0.0629. The standard InChI is InChI=1S/C18H22N2O4S/c1-13-5-7-14(8-6-13)12-20(3)18(21)15-9-10-16(24-4)17(11-15)25(22,23)19-2/h5-11,19H,12H2,1-4H3. The third-order valence-electron chi connectivity index (χ3n) is 3.86. The molecule has 0 saturated carbocycles. The third kappa shape index (κ3) is 4.37. The molecule has 0 radical (unpaired) electrons. The molecule has 1 amide bonds. The van der Waals surface area contributed by atoms with Crippen LogP contribution in [0.1, 0.15) is 21.5 Å². The lowest BCUT2D eigenvalue weighted by molar-refractivity contribution is 0.0785. The fourth-order valence-corrected chi connectivity index (χ4v) is 3.31. The van der Waals surface area contributed by atoms with Gasteiger partial charge in [0.2, 0.25) is 10.0 Å². The topological polar surface area (TPSA) is 75.7 Å². The van der Waals surface area contributed by atoms with Crippen molar-refractivity contribution in [2.24, 2.45) is 0 Å². The lowest BCUT2D eigenvalue weighted by Crippen LogP contribution is -2.27. The highest BCUT2D eigenvalue weighted by Gasteiger charge is 2.21. The number of benzene rings is 2. The Hall–Kier alpha value is -2.38. The van der Waals surface area contributed by atoms with E-state index in [4.69, 9.17) is 4.74 Å². The molecular weight excluding hydrogens is 340 g/mol. The molecule has 134 valence electrons. The molecule has 7 heteroatoms. The summed E-state index contributed by atoms with van der Waals surface area (Å²) >= 11 is 0. The van der Waals surface area contributed by atoms with Gasteiger partial charge >= 0.3 is 0 Å². The maximum atomic E-state index is 12.7. The molecule has 0 fully saturated rings. The van der Waals surface area contributed by atoms with Crippen molar-refractivity contribution in [1.82, 2.24) is 9.62 Å². The summed E-state index contributed by atoms with van der Waals surface area (Å²) < 4.78 is 31.6. The van der Waals surface area contributed by atoms with E-state index < -0.39 is 10.0 Å². The lowest BCUT2D eigenvalue weighted by Gasteiger charge is -2.18. The summed E-state index contributed by atoms with van der Waals surface area (Å²) in [4.78, 5) is 14.1. The van der Waals surface area contributed by atoms with Crippen molar-refractivity contribution < 1.29 is 17.9 Å². The van der Waals surface area contributed by atoms with Gasteiger partial charge in [-0.3, -0.25) is 4.79 Å². The Morgan fingerprint density at radius 3 is 2.36 bits per heavy atom. The van der Waals surface area contributed by atoms with Crippen LogP contribution in [0.4, 0.5) is 0 Å². The first-order valence-corrected chi connectivity index (χ1v) is 9.19. The number of rotatable bonds is 6. The molecule has 0 aliphatic carbocycles. The van der Waals surface area contributed by atoms with Gasteiger partial charge in [-0.05, 0) is 37.7 Å². The number of hydrogen-bond acceptors (Lipinski definition) is 4. The van der Waals surface area contributed by atoms with Crippen molar-refractivity contribution in [1.29, 1.82) is 0 Å². The summed E-state index contributed by atoms with van der Waals surface area (Å²) in [7, 11) is 0.643. The van der Waals surface area contributed by atoms with E-state index in [0.29, 0.717) is 6.54 Å². The van der Waals surface area contributed by atoms with E-state index in [1.54, 1.807) is 18.0 Å².